The van der Waals surface area contributed by atoms with Crippen molar-refractivity contribution in [3.05, 3.63) is 71.7 Å². The number of likely N-dealkylation sites (N-methyl/N-ethyl adjacent to an activating group) is 1. The van der Waals surface area contributed by atoms with Crippen LogP contribution in [-0.4, -0.2) is 101 Å². The Kier molecular flexibility index (Phi) is 12.6. The molecule has 48 heavy (non-hydrogen) atoms. The first-order valence-corrected chi connectivity index (χ1v) is 17.6. The van der Waals surface area contributed by atoms with Crippen molar-refractivity contribution in [2.45, 2.75) is 69.9 Å². The number of benzene rings is 2. The number of carbonyl (C=O) groups excluding carboxylic acids is 1. The standard InChI is InChI=1S/C34H47N5O8S/c1-23-17-39(24(2)21-40)33(41)29-16-28(36-48(44,45)32-20-38(5)22-35-32)13-14-30(29)47-25(3)8-6-7-15-46-31(23)19-37(4)18-26-9-11-27(12-10-26)34(42)43/h9-14,16,20,22-25,31,36,40H,6-8,15,17-19,21H2,1-5H3,(H,42,43)/t23-,24+,25+,31+/m1/s1. The van der Waals surface area contributed by atoms with Gasteiger partial charge in [0.15, 0.2) is 5.03 Å². The molecule has 0 spiro atoms. The normalized spacial score (nSPS) is 20.4. The van der Waals surface area contributed by atoms with Crippen molar-refractivity contribution in [2.75, 3.05) is 38.1 Å². The largest absolute Gasteiger partial charge is 0.490 e. The molecule has 14 heteroatoms. The van der Waals surface area contributed by atoms with E-state index in [-0.39, 0.29) is 53.1 Å². The fraction of sp³-hybridized carbons (Fsp3) is 0.500. The summed E-state index contributed by atoms with van der Waals surface area (Å²) >= 11 is 0. The van der Waals surface area contributed by atoms with Crippen molar-refractivity contribution in [2.24, 2.45) is 13.0 Å². The predicted molar refractivity (Wildman–Crippen MR) is 181 cm³/mol. The van der Waals surface area contributed by atoms with Gasteiger partial charge in [0.1, 0.15) is 5.75 Å². The van der Waals surface area contributed by atoms with Gasteiger partial charge in [0, 0.05) is 51.1 Å². The zero-order valence-electron chi connectivity index (χ0n) is 28.2. The van der Waals surface area contributed by atoms with Crippen LogP contribution in [0.5, 0.6) is 5.75 Å². The number of fused-ring (bicyclic) bond motifs is 1. The zero-order chi connectivity index (χ0) is 35.0. The lowest BCUT2D eigenvalue weighted by Gasteiger charge is -2.36. The van der Waals surface area contributed by atoms with Gasteiger partial charge in [-0.3, -0.25) is 14.4 Å². The van der Waals surface area contributed by atoms with Gasteiger partial charge in [0.25, 0.3) is 15.9 Å². The van der Waals surface area contributed by atoms with Crippen LogP contribution in [0.25, 0.3) is 0 Å². The van der Waals surface area contributed by atoms with Gasteiger partial charge < -0.3 is 29.2 Å². The van der Waals surface area contributed by atoms with E-state index in [1.165, 1.54) is 23.2 Å². The number of aromatic nitrogens is 2. The van der Waals surface area contributed by atoms with Crippen molar-refractivity contribution in [1.82, 2.24) is 19.4 Å². The number of nitrogens with one attached hydrogen (secondary N) is 1. The van der Waals surface area contributed by atoms with E-state index in [1.54, 1.807) is 55.3 Å². The van der Waals surface area contributed by atoms with Crippen LogP contribution in [-0.2, 0) is 28.4 Å². The molecule has 4 atom stereocenters. The topological polar surface area (TPSA) is 164 Å². The van der Waals surface area contributed by atoms with Crippen LogP contribution in [0, 0.1) is 5.92 Å². The molecule has 2 heterocycles. The fourth-order valence-electron chi connectivity index (χ4n) is 5.62. The van der Waals surface area contributed by atoms with E-state index in [0.29, 0.717) is 31.9 Å². The maximum atomic E-state index is 14.3. The molecule has 2 aromatic carbocycles. The predicted octanol–water partition coefficient (Wildman–Crippen LogP) is 3.85. The third kappa shape index (κ3) is 9.78. The second-order valence-corrected chi connectivity index (χ2v) is 14.3. The lowest BCUT2D eigenvalue weighted by molar-refractivity contribution is -0.0177. The summed E-state index contributed by atoms with van der Waals surface area (Å²) in [6, 6.07) is 10.8. The average molecular weight is 686 g/mol. The Hall–Kier alpha value is -3.98. The Morgan fingerprint density at radius 1 is 1.17 bits per heavy atom. The molecule has 1 aromatic heterocycles. The van der Waals surface area contributed by atoms with Crippen molar-refractivity contribution < 1.29 is 37.7 Å². The summed E-state index contributed by atoms with van der Waals surface area (Å²) in [7, 11) is -0.386. The number of rotatable bonds is 10. The molecule has 1 aliphatic heterocycles. The van der Waals surface area contributed by atoms with E-state index in [2.05, 4.69) is 14.6 Å². The molecule has 4 rings (SSSR count). The maximum absolute atomic E-state index is 14.3. The Morgan fingerprint density at radius 3 is 2.54 bits per heavy atom. The highest BCUT2D eigenvalue weighted by Crippen LogP contribution is 2.29. The van der Waals surface area contributed by atoms with Gasteiger partial charge in [-0.25, -0.2) is 9.78 Å². The summed E-state index contributed by atoms with van der Waals surface area (Å²) in [5.74, 6) is -1.21. The Balaban J connectivity index is 1.61. The highest BCUT2D eigenvalue weighted by Gasteiger charge is 2.31. The second kappa shape index (κ2) is 16.4. The van der Waals surface area contributed by atoms with Gasteiger partial charge in [-0.05, 0) is 76.1 Å². The van der Waals surface area contributed by atoms with Crippen LogP contribution >= 0.6 is 0 Å². The number of sulfonamides is 1. The summed E-state index contributed by atoms with van der Waals surface area (Å²) in [6.45, 7) is 7.31. The van der Waals surface area contributed by atoms with Gasteiger partial charge in [-0.15, -0.1) is 0 Å². The van der Waals surface area contributed by atoms with Crippen LogP contribution in [0.3, 0.4) is 0 Å². The number of aliphatic hydroxyl groups excluding tert-OH is 1. The molecule has 1 amide bonds. The maximum Gasteiger partial charge on any atom is 0.335 e. The molecule has 0 saturated heterocycles. The summed E-state index contributed by atoms with van der Waals surface area (Å²) in [5.41, 5.74) is 1.54. The number of aliphatic hydroxyl groups is 1. The molecule has 13 nitrogen and oxygen atoms in total. The molecule has 3 aromatic rings. The molecule has 0 aliphatic carbocycles. The summed E-state index contributed by atoms with van der Waals surface area (Å²) in [5, 5.41) is 19.3. The Bertz CT molecular complexity index is 1650. The number of hydrogen-bond acceptors (Lipinski definition) is 9. The molecule has 0 bridgehead atoms. The summed E-state index contributed by atoms with van der Waals surface area (Å²) in [4.78, 5) is 33.2. The van der Waals surface area contributed by atoms with Gasteiger partial charge in [-0.1, -0.05) is 19.1 Å². The number of nitrogens with zero attached hydrogens (tertiary/aromatic N) is 4. The van der Waals surface area contributed by atoms with Crippen molar-refractivity contribution >= 4 is 27.6 Å². The monoisotopic (exact) mass is 685 g/mol. The number of carbonyl (C=O) groups is 2. The molecule has 0 saturated carbocycles. The first-order chi connectivity index (χ1) is 22.8. The lowest BCUT2D eigenvalue weighted by Crippen LogP contribution is -2.47. The molecule has 0 radical (unpaired) electrons. The van der Waals surface area contributed by atoms with Crippen LogP contribution in [0.15, 0.2) is 60.0 Å². The minimum atomic E-state index is -4.02. The molecule has 3 N–H and O–H groups in total. The van der Waals surface area contributed by atoms with Crippen molar-refractivity contribution in [3.8, 4) is 5.75 Å². The summed E-state index contributed by atoms with van der Waals surface area (Å²) < 4.78 is 42.8. The molecule has 1 aliphatic rings. The van der Waals surface area contributed by atoms with Crippen molar-refractivity contribution in [1.29, 1.82) is 0 Å². The number of amides is 1. The van der Waals surface area contributed by atoms with E-state index < -0.39 is 27.9 Å². The van der Waals surface area contributed by atoms with E-state index in [0.717, 1.165) is 18.4 Å². The lowest BCUT2D eigenvalue weighted by atomic mass is 10.0. The summed E-state index contributed by atoms with van der Waals surface area (Å²) in [6.07, 6.45) is 4.65. The average Bonchev–Trinajstić information content (AvgIpc) is 3.49. The van der Waals surface area contributed by atoms with Crippen molar-refractivity contribution in [3.63, 3.8) is 0 Å². The number of anilines is 1. The van der Waals surface area contributed by atoms with Crippen LogP contribution in [0.2, 0.25) is 0 Å². The minimum absolute atomic E-state index is 0.154. The number of carboxylic acid groups (broad SMARTS) is 1. The number of carboxylic acids is 1. The number of hydrogen-bond donors (Lipinski definition) is 3. The van der Waals surface area contributed by atoms with E-state index in [4.69, 9.17) is 9.47 Å². The Morgan fingerprint density at radius 2 is 1.90 bits per heavy atom. The van der Waals surface area contributed by atoms with Crippen LogP contribution < -0.4 is 9.46 Å². The number of aromatic carboxylic acids is 1. The number of aryl methyl sites for hydroxylation is 1. The number of imidazole rings is 1. The fourth-order valence-corrected chi connectivity index (χ4v) is 6.65. The van der Waals surface area contributed by atoms with E-state index >= 15 is 0 Å². The SMILES string of the molecule is C[C@@H]1CN([C@@H](C)CO)C(=O)c2cc(NS(=O)(=O)c3cn(C)cn3)ccc2O[C@@H](C)CCCCO[C@H]1CN(C)Cc1ccc(C(=O)O)cc1. The van der Waals surface area contributed by atoms with Crippen LogP contribution in [0.4, 0.5) is 5.69 Å². The third-order valence-corrected chi connectivity index (χ3v) is 9.67. The first kappa shape index (κ1) is 36.8. The van der Waals surface area contributed by atoms with E-state index in [1.807, 2.05) is 20.9 Å². The first-order valence-electron chi connectivity index (χ1n) is 16.1. The second-order valence-electron chi connectivity index (χ2n) is 12.7. The van der Waals surface area contributed by atoms with E-state index in [9.17, 15) is 28.2 Å². The highest BCUT2D eigenvalue weighted by molar-refractivity contribution is 7.92. The Labute approximate surface area is 282 Å². The molecular weight excluding hydrogens is 638 g/mol. The third-order valence-electron chi connectivity index (χ3n) is 8.41. The quantitative estimate of drug-likeness (QED) is 0.286. The zero-order valence-corrected chi connectivity index (χ0v) is 29.0. The van der Waals surface area contributed by atoms with Gasteiger partial charge >= 0.3 is 5.97 Å². The van der Waals surface area contributed by atoms with Crippen LogP contribution in [0.1, 0.15) is 66.3 Å². The van der Waals surface area contributed by atoms with Gasteiger partial charge in [-0.2, -0.15) is 8.42 Å². The minimum Gasteiger partial charge on any atom is -0.490 e. The van der Waals surface area contributed by atoms with Gasteiger partial charge in [0.2, 0.25) is 0 Å². The smallest absolute Gasteiger partial charge is 0.335 e. The molecule has 0 unspecified atom stereocenters. The molecule has 0 fully saturated rings. The molecular formula is C34H47N5O8S. The number of ether oxygens (including phenoxy) is 2. The highest BCUT2D eigenvalue weighted by atomic mass is 32.2. The molecule has 262 valence electrons. The van der Waals surface area contributed by atoms with Gasteiger partial charge in [0.05, 0.1) is 42.3 Å².